The molecule has 5 atom stereocenters. The van der Waals surface area contributed by atoms with Crippen LogP contribution in [0.15, 0.2) is 54.6 Å². The molecule has 6 amide bonds. The van der Waals surface area contributed by atoms with E-state index in [1.54, 1.807) is 51.4 Å². The van der Waals surface area contributed by atoms with E-state index in [0.717, 1.165) is 37.7 Å². The van der Waals surface area contributed by atoms with E-state index in [2.05, 4.69) is 21.3 Å². The lowest BCUT2D eigenvalue weighted by Gasteiger charge is -2.35. The predicted octanol–water partition coefficient (Wildman–Crippen LogP) is 1.98. The van der Waals surface area contributed by atoms with Crippen LogP contribution >= 0.6 is 0 Å². The third-order valence-corrected chi connectivity index (χ3v) is 10.7. The Labute approximate surface area is 333 Å². The van der Waals surface area contributed by atoms with Gasteiger partial charge in [-0.1, -0.05) is 75.1 Å². The summed E-state index contributed by atoms with van der Waals surface area (Å²) in [5.41, 5.74) is 1.29. The molecule has 1 unspecified atom stereocenters. The highest BCUT2D eigenvalue weighted by Gasteiger charge is 2.45. The van der Waals surface area contributed by atoms with Crippen LogP contribution in [0.5, 0.6) is 5.75 Å². The molecule has 2 aromatic carbocycles. The van der Waals surface area contributed by atoms with E-state index < -0.39 is 60.3 Å². The van der Waals surface area contributed by atoms with E-state index in [9.17, 15) is 33.6 Å². The van der Waals surface area contributed by atoms with Crippen LogP contribution in [0.4, 0.5) is 0 Å². The third kappa shape index (κ3) is 11.9. The Morgan fingerprint density at radius 2 is 1.68 bits per heavy atom. The van der Waals surface area contributed by atoms with Crippen molar-refractivity contribution in [2.24, 2.45) is 5.92 Å². The van der Waals surface area contributed by atoms with E-state index in [1.807, 2.05) is 24.3 Å². The van der Waals surface area contributed by atoms with E-state index in [1.165, 1.54) is 9.80 Å². The first-order valence-electron chi connectivity index (χ1n) is 20.1. The Kier molecular flexibility index (Phi) is 15.6. The van der Waals surface area contributed by atoms with Gasteiger partial charge >= 0.3 is 0 Å². The number of hydrogen-bond acceptors (Lipinski definition) is 9. The molecule has 15 heteroatoms. The average molecular weight is 789 g/mol. The summed E-state index contributed by atoms with van der Waals surface area (Å²) in [7, 11) is 3.12. The van der Waals surface area contributed by atoms with Crippen molar-refractivity contribution in [1.82, 2.24) is 31.1 Å². The van der Waals surface area contributed by atoms with Crippen LogP contribution in [0.25, 0.3) is 0 Å². The van der Waals surface area contributed by atoms with Crippen LogP contribution in [0.1, 0.15) is 81.9 Å². The molecule has 2 fully saturated rings. The number of fused-ring (bicyclic) bond motifs is 4. The number of hydrogen-bond donors (Lipinski definition) is 4. The number of carbonyl (C=O) groups is 7. The lowest BCUT2D eigenvalue weighted by molar-refractivity contribution is -0.144. The molecule has 2 aromatic rings. The molecule has 2 aliphatic heterocycles. The van der Waals surface area contributed by atoms with Gasteiger partial charge in [-0.25, -0.2) is 0 Å². The number of carbonyl (C=O) groups excluding carboxylic acids is 7. The molecular weight excluding hydrogens is 732 g/mol. The molecule has 0 spiro atoms. The number of likely N-dealkylation sites (N-methyl/N-ethyl adjacent to an activating group) is 1. The maximum absolute atomic E-state index is 14.5. The van der Waals surface area contributed by atoms with Gasteiger partial charge in [-0.05, 0) is 48.4 Å². The number of ether oxygens (including phenoxy) is 2. The van der Waals surface area contributed by atoms with Crippen molar-refractivity contribution in [3.8, 4) is 5.75 Å². The summed E-state index contributed by atoms with van der Waals surface area (Å²) in [6, 6.07) is 11.8. The van der Waals surface area contributed by atoms with Crippen LogP contribution in [-0.2, 0) is 44.7 Å². The predicted molar refractivity (Wildman–Crippen MR) is 209 cm³/mol. The molecule has 1 saturated heterocycles. The van der Waals surface area contributed by atoms with Gasteiger partial charge in [0.15, 0.2) is 0 Å². The number of rotatable bonds is 12. The van der Waals surface area contributed by atoms with E-state index in [0.29, 0.717) is 37.4 Å². The van der Waals surface area contributed by atoms with Crippen molar-refractivity contribution in [3.05, 3.63) is 65.7 Å². The molecule has 15 nitrogen and oxygen atoms in total. The smallest absolute Gasteiger partial charge is 0.290 e. The largest absolute Gasteiger partial charge is 0.493 e. The SMILES string of the molecule is CCCC(NC(=O)[C@@H]1C[C@@H]2CN1C(=O)[C@H](C1CCCCC1)NC(=O)Cc1cccc(c1)OCCCO2)C(=O)C(=O)NCC(=O)N[C@H](C(=O)N(C)C)c1ccccc1. The van der Waals surface area contributed by atoms with Gasteiger partial charge in [-0.15, -0.1) is 0 Å². The first-order valence-corrected chi connectivity index (χ1v) is 20.1. The van der Waals surface area contributed by atoms with E-state index in [4.69, 9.17) is 9.47 Å². The molecule has 5 rings (SSSR count). The topological polar surface area (TPSA) is 193 Å². The maximum Gasteiger partial charge on any atom is 0.290 e. The van der Waals surface area contributed by atoms with Crippen molar-refractivity contribution < 1.29 is 43.0 Å². The van der Waals surface area contributed by atoms with Crippen molar-refractivity contribution in [2.75, 3.05) is 40.4 Å². The zero-order chi connectivity index (χ0) is 40.9. The highest BCUT2D eigenvalue weighted by molar-refractivity contribution is 6.38. The Morgan fingerprint density at radius 3 is 2.40 bits per heavy atom. The number of nitrogens with one attached hydrogen (secondary N) is 4. The molecule has 1 aliphatic carbocycles. The number of Topliss-reactive ketones (excluding diaryl/α,β-unsaturated/α-hetero) is 1. The number of benzene rings is 2. The monoisotopic (exact) mass is 788 g/mol. The van der Waals surface area contributed by atoms with Crippen LogP contribution < -0.4 is 26.0 Å². The molecule has 57 heavy (non-hydrogen) atoms. The van der Waals surface area contributed by atoms with Gasteiger partial charge in [0.05, 0.1) is 38.3 Å². The summed E-state index contributed by atoms with van der Waals surface area (Å²) >= 11 is 0. The van der Waals surface area contributed by atoms with Crippen LogP contribution in [0, 0.1) is 5.92 Å². The first-order chi connectivity index (χ1) is 27.4. The minimum atomic E-state index is -1.24. The highest BCUT2D eigenvalue weighted by atomic mass is 16.5. The van der Waals surface area contributed by atoms with E-state index >= 15 is 0 Å². The molecule has 0 aromatic heterocycles. The standard InChI is InChI=1S/C42H56N6O9/c1-4-13-32(38(51)40(53)43-25-35(50)46-36(41(54)47(2)3)28-15-7-5-8-16-28)44-39(52)33-24-31-26-48(33)42(55)37(29-17-9-6-10-18-29)45-34(49)23-27-14-11-19-30(22-27)56-20-12-21-57-31/h5,7-8,11,14-16,19,22,29,31-33,36-37H,4,6,9-10,12-13,17-18,20-21,23-26H2,1-3H3,(H,43,53)(H,44,52)(H,45,49)(H,46,50)/t31-,32?,33+,36+,37+/m1/s1. The quantitative estimate of drug-likeness (QED) is 0.233. The fraction of sp³-hybridized carbons (Fsp3) is 0.548. The Bertz CT molecular complexity index is 1750. The highest BCUT2D eigenvalue weighted by Crippen LogP contribution is 2.30. The average Bonchev–Trinajstić information content (AvgIpc) is 3.65. The zero-order valence-electron chi connectivity index (χ0n) is 33.1. The van der Waals surface area contributed by atoms with Gasteiger partial charge in [-0.3, -0.25) is 33.6 Å². The van der Waals surface area contributed by atoms with Gasteiger partial charge in [0.1, 0.15) is 23.9 Å². The van der Waals surface area contributed by atoms with E-state index in [-0.39, 0.29) is 49.4 Å². The molecule has 4 N–H and O–H groups in total. The minimum absolute atomic E-state index is 0.0513. The Morgan fingerprint density at radius 1 is 0.930 bits per heavy atom. The number of ketones is 1. The normalized spacial score (nSPS) is 21.6. The molecular formula is C42H56N6O9. The summed E-state index contributed by atoms with van der Waals surface area (Å²) in [4.78, 5) is 97.4. The lowest BCUT2D eigenvalue weighted by atomic mass is 9.83. The molecule has 2 heterocycles. The van der Waals surface area contributed by atoms with Crippen molar-refractivity contribution in [3.63, 3.8) is 0 Å². The summed E-state index contributed by atoms with van der Waals surface area (Å²) in [5, 5.41) is 10.7. The fourth-order valence-corrected chi connectivity index (χ4v) is 7.73. The third-order valence-electron chi connectivity index (χ3n) is 10.7. The summed E-state index contributed by atoms with van der Waals surface area (Å²) < 4.78 is 12.1. The second-order valence-corrected chi connectivity index (χ2v) is 15.2. The van der Waals surface area contributed by atoms with Gasteiger partial charge in [0.25, 0.3) is 5.91 Å². The van der Waals surface area contributed by atoms with Gasteiger partial charge in [0.2, 0.25) is 35.3 Å². The zero-order valence-corrected chi connectivity index (χ0v) is 33.1. The summed E-state index contributed by atoms with van der Waals surface area (Å²) in [5.74, 6) is -3.90. The first kappa shape index (κ1) is 42.8. The van der Waals surface area contributed by atoms with Gasteiger partial charge in [0, 0.05) is 33.5 Å². The van der Waals surface area contributed by atoms with Crippen molar-refractivity contribution >= 4 is 41.2 Å². The Hall–Kier alpha value is -5.31. The number of amides is 6. The van der Waals surface area contributed by atoms with Gasteiger partial charge in [-0.2, -0.15) is 0 Å². The molecule has 0 radical (unpaired) electrons. The minimum Gasteiger partial charge on any atom is -0.493 e. The molecule has 3 aliphatic rings. The number of nitrogens with zero attached hydrogens (tertiary/aromatic N) is 2. The second kappa shape index (κ2) is 20.7. The lowest BCUT2D eigenvalue weighted by Crippen LogP contribution is -2.58. The van der Waals surface area contributed by atoms with Crippen LogP contribution in [-0.4, -0.2) is 116 Å². The van der Waals surface area contributed by atoms with Crippen molar-refractivity contribution in [2.45, 2.75) is 101 Å². The second-order valence-electron chi connectivity index (χ2n) is 15.2. The molecule has 308 valence electrons. The van der Waals surface area contributed by atoms with Crippen LogP contribution in [0.3, 0.4) is 0 Å². The Balaban J connectivity index is 1.28. The summed E-state index contributed by atoms with van der Waals surface area (Å²) in [6.07, 6.45) is 5.21. The fourth-order valence-electron chi connectivity index (χ4n) is 7.73. The van der Waals surface area contributed by atoms with Gasteiger partial charge < -0.3 is 40.5 Å². The van der Waals surface area contributed by atoms with Crippen LogP contribution in [0.2, 0.25) is 0 Å². The maximum atomic E-state index is 14.5. The summed E-state index contributed by atoms with van der Waals surface area (Å²) in [6.45, 7) is 2.01. The molecule has 1 saturated carbocycles. The molecule has 4 bridgehead atoms. The van der Waals surface area contributed by atoms with Crippen molar-refractivity contribution in [1.29, 1.82) is 0 Å².